The van der Waals surface area contributed by atoms with Crippen molar-refractivity contribution >= 4 is 0 Å². The Hall–Kier alpha value is -2.80. The quantitative estimate of drug-likeness (QED) is 0.652. The van der Waals surface area contributed by atoms with Gasteiger partial charge in [-0.1, -0.05) is 72.9 Å². The summed E-state index contributed by atoms with van der Waals surface area (Å²) in [5.74, 6) is 1.74. The summed E-state index contributed by atoms with van der Waals surface area (Å²) in [5, 5.41) is 0. The highest BCUT2D eigenvalue weighted by atomic mass is 16.5. The maximum Gasteiger partial charge on any atom is 0.127 e. The summed E-state index contributed by atoms with van der Waals surface area (Å²) < 4.78 is 5.58. The summed E-state index contributed by atoms with van der Waals surface area (Å²) in [5.41, 5.74) is 2.98. The predicted octanol–water partition coefficient (Wildman–Crippen LogP) is 6.24. The van der Waals surface area contributed by atoms with Crippen LogP contribution in [-0.2, 0) is 0 Å². The molecule has 0 radical (unpaired) electrons. The van der Waals surface area contributed by atoms with Crippen molar-refractivity contribution in [2.75, 3.05) is 0 Å². The van der Waals surface area contributed by atoms with Crippen LogP contribution in [0.4, 0.5) is 0 Å². The van der Waals surface area contributed by atoms with Crippen LogP contribution >= 0.6 is 0 Å². The van der Waals surface area contributed by atoms with E-state index in [-0.39, 0.29) is 0 Å². The molecule has 0 bridgehead atoms. The molecule has 0 saturated carbocycles. The van der Waals surface area contributed by atoms with Crippen molar-refractivity contribution in [1.29, 1.82) is 0 Å². The number of benzene rings is 2. The van der Waals surface area contributed by atoms with Crippen molar-refractivity contribution in [2.45, 2.75) is 12.8 Å². The van der Waals surface area contributed by atoms with Crippen LogP contribution in [-0.4, -0.2) is 0 Å². The number of hydrogen-bond donors (Lipinski definition) is 0. The van der Waals surface area contributed by atoms with Gasteiger partial charge in [-0.05, 0) is 48.3 Å². The molecule has 0 atom stereocenters. The zero-order chi connectivity index (χ0) is 15.7. The first-order valence-corrected chi connectivity index (χ1v) is 7.91. The summed E-state index contributed by atoms with van der Waals surface area (Å²) >= 11 is 0. The van der Waals surface area contributed by atoms with Crippen LogP contribution in [0.1, 0.15) is 12.8 Å². The van der Waals surface area contributed by atoms with E-state index in [0.29, 0.717) is 0 Å². The van der Waals surface area contributed by atoms with Crippen LogP contribution in [0.25, 0.3) is 0 Å². The Morgan fingerprint density at radius 2 is 1.00 bits per heavy atom. The van der Waals surface area contributed by atoms with Crippen LogP contribution in [0.15, 0.2) is 108 Å². The van der Waals surface area contributed by atoms with Gasteiger partial charge in [-0.25, -0.2) is 0 Å². The summed E-state index contributed by atoms with van der Waals surface area (Å²) in [7, 11) is 0. The minimum Gasteiger partial charge on any atom is -0.457 e. The second kappa shape index (κ2) is 8.00. The molecule has 0 N–H and O–H groups in total. The first-order valence-electron chi connectivity index (χ1n) is 7.91. The summed E-state index contributed by atoms with van der Waals surface area (Å²) in [6.45, 7) is 0. The second-order valence-corrected chi connectivity index (χ2v) is 5.38. The lowest BCUT2D eigenvalue weighted by Crippen LogP contribution is -1.81. The van der Waals surface area contributed by atoms with Gasteiger partial charge in [0, 0.05) is 0 Å². The molecule has 2 aliphatic carbocycles. The van der Waals surface area contributed by atoms with Crippen LogP contribution < -0.4 is 4.74 Å². The van der Waals surface area contributed by atoms with E-state index in [9.17, 15) is 0 Å². The van der Waals surface area contributed by atoms with Gasteiger partial charge in [-0.3, -0.25) is 0 Å². The van der Waals surface area contributed by atoms with Crippen molar-refractivity contribution in [3.8, 4) is 11.5 Å². The Kier molecular flexibility index (Phi) is 5.25. The molecule has 1 heteroatoms. The maximum atomic E-state index is 5.58. The van der Waals surface area contributed by atoms with Gasteiger partial charge in [0.15, 0.2) is 0 Å². The Bertz CT molecular complexity index is 669. The SMILES string of the molecule is C1=CCC(C2=CC=CC2)=C1.c1ccc(Oc2ccccc2)cc1. The Balaban J connectivity index is 0.000000140. The highest BCUT2D eigenvalue weighted by Crippen LogP contribution is 2.25. The largest absolute Gasteiger partial charge is 0.457 e. The lowest BCUT2D eigenvalue weighted by atomic mass is 10.1. The summed E-state index contributed by atoms with van der Waals surface area (Å²) in [6, 6.07) is 19.5. The van der Waals surface area contributed by atoms with Crippen LogP contribution in [0.2, 0.25) is 0 Å². The molecule has 1 nitrogen and oxygen atoms in total. The predicted molar refractivity (Wildman–Crippen MR) is 96.6 cm³/mol. The van der Waals surface area contributed by atoms with Crippen molar-refractivity contribution < 1.29 is 4.74 Å². The molecule has 2 aromatic rings. The fourth-order valence-electron chi connectivity index (χ4n) is 2.48. The van der Waals surface area contributed by atoms with Gasteiger partial charge < -0.3 is 4.74 Å². The molecular formula is C22H20O. The molecule has 0 heterocycles. The standard InChI is InChI=1S/C12H10O.C10H10/c1-3-7-11(8-4-1)13-12-9-5-2-6-10-12;1-2-6-9(5-1)10-7-3-4-8-10/h1-10H;1-5,7H,6,8H2. The third kappa shape index (κ3) is 4.58. The number of hydrogen-bond acceptors (Lipinski definition) is 1. The van der Waals surface area contributed by atoms with Crippen molar-refractivity contribution in [3.63, 3.8) is 0 Å². The van der Waals surface area contributed by atoms with E-state index in [0.717, 1.165) is 24.3 Å². The van der Waals surface area contributed by atoms with Gasteiger partial charge in [0.05, 0.1) is 0 Å². The molecule has 0 unspecified atom stereocenters. The minimum absolute atomic E-state index is 0.869. The molecule has 114 valence electrons. The maximum absolute atomic E-state index is 5.58. The fourth-order valence-corrected chi connectivity index (χ4v) is 2.48. The average Bonchev–Trinajstić information content (AvgIpc) is 3.31. The lowest BCUT2D eigenvalue weighted by molar-refractivity contribution is 0.482. The van der Waals surface area contributed by atoms with Crippen molar-refractivity contribution in [3.05, 3.63) is 108 Å². The molecule has 0 fully saturated rings. The van der Waals surface area contributed by atoms with E-state index in [1.165, 1.54) is 11.1 Å². The molecule has 2 aromatic carbocycles. The van der Waals surface area contributed by atoms with Gasteiger partial charge in [-0.2, -0.15) is 0 Å². The molecule has 0 aromatic heterocycles. The molecule has 0 spiro atoms. The normalized spacial score (nSPS) is 14.8. The van der Waals surface area contributed by atoms with Crippen LogP contribution in [0.3, 0.4) is 0 Å². The van der Waals surface area contributed by atoms with Gasteiger partial charge in [-0.15, -0.1) is 0 Å². The van der Waals surface area contributed by atoms with Gasteiger partial charge in [0.25, 0.3) is 0 Å². The van der Waals surface area contributed by atoms with Gasteiger partial charge in [0.1, 0.15) is 11.5 Å². The van der Waals surface area contributed by atoms with Crippen LogP contribution in [0.5, 0.6) is 11.5 Å². The highest BCUT2D eigenvalue weighted by molar-refractivity contribution is 5.44. The van der Waals surface area contributed by atoms with Crippen LogP contribution in [0, 0.1) is 0 Å². The fraction of sp³-hybridized carbons (Fsp3) is 0.0909. The number of rotatable bonds is 3. The first-order chi connectivity index (χ1) is 11.4. The zero-order valence-corrected chi connectivity index (χ0v) is 13.1. The third-order valence-electron chi connectivity index (χ3n) is 3.68. The Morgan fingerprint density at radius 3 is 1.35 bits per heavy atom. The topological polar surface area (TPSA) is 9.23 Å². The molecule has 0 aliphatic heterocycles. The molecule has 0 amide bonds. The third-order valence-corrected chi connectivity index (χ3v) is 3.68. The number of para-hydroxylation sites is 2. The van der Waals surface area contributed by atoms with E-state index in [1.54, 1.807) is 0 Å². The molecule has 2 aliphatic rings. The number of allylic oxidation sites excluding steroid dienone is 8. The molecular weight excluding hydrogens is 280 g/mol. The van der Waals surface area contributed by atoms with Crippen molar-refractivity contribution in [2.24, 2.45) is 0 Å². The monoisotopic (exact) mass is 300 g/mol. The minimum atomic E-state index is 0.869. The van der Waals surface area contributed by atoms with Gasteiger partial charge in [0.2, 0.25) is 0 Å². The lowest BCUT2D eigenvalue weighted by Gasteiger charge is -2.03. The van der Waals surface area contributed by atoms with Crippen molar-refractivity contribution in [1.82, 2.24) is 0 Å². The Labute approximate surface area is 137 Å². The average molecular weight is 300 g/mol. The van der Waals surface area contributed by atoms with E-state index in [1.807, 2.05) is 60.7 Å². The second-order valence-electron chi connectivity index (χ2n) is 5.38. The summed E-state index contributed by atoms with van der Waals surface area (Å²) in [4.78, 5) is 0. The van der Waals surface area contributed by atoms with E-state index in [4.69, 9.17) is 4.74 Å². The molecule has 4 rings (SSSR count). The van der Waals surface area contributed by atoms with Gasteiger partial charge >= 0.3 is 0 Å². The van der Waals surface area contributed by atoms with E-state index >= 15 is 0 Å². The Morgan fingerprint density at radius 1 is 0.565 bits per heavy atom. The number of ether oxygens (including phenoxy) is 1. The summed E-state index contributed by atoms with van der Waals surface area (Å²) in [6.07, 6.45) is 15.4. The molecule has 0 saturated heterocycles. The van der Waals surface area contributed by atoms with E-state index < -0.39 is 0 Å². The first kappa shape index (κ1) is 15.1. The van der Waals surface area contributed by atoms with E-state index in [2.05, 4.69) is 36.5 Å². The highest BCUT2D eigenvalue weighted by Gasteiger charge is 2.05. The smallest absolute Gasteiger partial charge is 0.127 e. The molecule has 23 heavy (non-hydrogen) atoms. The zero-order valence-electron chi connectivity index (χ0n) is 13.1.